The highest BCUT2D eigenvalue weighted by atomic mass is 35.5. The van der Waals surface area contributed by atoms with Crippen molar-refractivity contribution in [2.45, 2.75) is 19.3 Å². The topological polar surface area (TPSA) is 21.3 Å². The SMILES string of the molecule is CNCC(C)(C)c1cc(Cl)ccc1OC. The molecule has 3 heteroatoms. The fraction of sp³-hybridized carbons (Fsp3) is 0.500. The van der Waals surface area contributed by atoms with Crippen LogP contribution in [0.5, 0.6) is 5.75 Å². The molecule has 0 spiro atoms. The quantitative estimate of drug-likeness (QED) is 0.854. The molecule has 0 saturated heterocycles. The molecule has 0 aromatic heterocycles. The van der Waals surface area contributed by atoms with Gasteiger partial charge in [0.2, 0.25) is 0 Å². The highest BCUT2D eigenvalue weighted by Crippen LogP contribution is 2.33. The summed E-state index contributed by atoms with van der Waals surface area (Å²) in [5.41, 5.74) is 1.14. The Balaban J connectivity index is 3.15. The predicted octanol–water partition coefficient (Wildman–Crippen LogP) is 2.85. The fourth-order valence-corrected chi connectivity index (χ4v) is 1.92. The van der Waals surface area contributed by atoms with E-state index in [1.54, 1.807) is 7.11 Å². The maximum Gasteiger partial charge on any atom is 0.122 e. The normalized spacial score (nSPS) is 11.5. The van der Waals surface area contributed by atoms with Crippen LogP contribution in [0.2, 0.25) is 5.02 Å². The van der Waals surface area contributed by atoms with E-state index in [1.165, 1.54) is 0 Å². The van der Waals surface area contributed by atoms with Gasteiger partial charge in [-0.2, -0.15) is 0 Å². The van der Waals surface area contributed by atoms with Gasteiger partial charge in [-0.15, -0.1) is 0 Å². The summed E-state index contributed by atoms with van der Waals surface area (Å²) in [5, 5.41) is 3.92. The van der Waals surface area contributed by atoms with E-state index in [0.717, 1.165) is 22.9 Å². The van der Waals surface area contributed by atoms with Gasteiger partial charge in [0.15, 0.2) is 0 Å². The van der Waals surface area contributed by atoms with Crippen LogP contribution < -0.4 is 10.1 Å². The van der Waals surface area contributed by atoms with Gasteiger partial charge >= 0.3 is 0 Å². The average Bonchev–Trinajstić information content (AvgIpc) is 2.17. The highest BCUT2D eigenvalue weighted by Gasteiger charge is 2.23. The largest absolute Gasteiger partial charge is 0.496 e. The third-order valence-electron chi connectivity index (χ3n) is 2.51. The summed E-state index contributed by atoms with van der Waals surface area (Å²) < 4.78 is 5.35. The van der Waals surface area contributed by atoms with Crippen molar-refractivity contribution in [1.82, 2.24) is 5.32 Å². The second-order valence-corrected chi connectivity index (χ2v) is 4.70. The zero-order valence-corrected chi connectivity index (χ0v) is 10.5. The Labute approximate surface area is 96.6 Å². The molecule has 0 aliphatic rings. The Morgan fingerprint density at radius 2 is 2.07 bits per heavy atom. The summed E-state index contributed by atoms with van der Waals surface area (Å²) in [6.45, 7) is 5.21. The van der Waals surface area contributed by atoms with Crippen LogP contribution in [0.25, 0.3) is 0 Å². The van der Waals surface area contributed by atoms with Crippen LogP contribution in [0.15, 0.2) is 18.2 Å². The number of rotatable bonds is 4. The van der Waals surface area contributed by atoms with Gasteiger partial charge in [-0.1, -0.05) is 25.4 Å². The number of halogens is 1. The Morgan fingerprint density at radius 3 is 2.60 bits per heavy atom. The molecular formula is C12H18ClNO. The van der Waals surface area contributed by atoms with E-state index in [4.69, 9.17) is 16.3 Å². The summed E-state index contributed by atoms with van der Waals surface area (Å²) in [6.07, 6.45) is 0. The van der Waals surface area contributed by atoms with E-state index in [0.29, 0.717) is 0 Å². The minimum atomic E-state index is 0.00495. The molecule has 0 atom stereocenters. The van der Waals surface area contributed by atoms with Crippen molar-refractivity contribution >= 4 is 11.6 Å². The van der Waals surface area contributed by atoms with Crippen molar-refractivity contribution in [2.24, 2.45) is 0 Å². The number of likely N-dealkylation sites (N-methyl/N-ethyl adjacent to an activating group) is 1. The molecular weight excluding hydrogens is 210 g/mol. The molecule has 1 rings (SSSR count). The number of hydrogen-bond acceptors (Lipinski definition) is 2. The van der Waals surface area contributed by atoms with Gasteiger partial charge in [-0.05, 0) is 25.2 Å². The molecule has 0 saturated carbocycles. The molecule has 0 unspecified atom stereocenters. The molecule has 1 aromatic carbocycles. The minimum Gasteiger partial charge on any atom is -0.496 e. The van der Waals surface area contributed by atoms with Gasteiger partial charge in [-0.3, -0.25) is 0 Å². The van der Waals surface area contributed by atoms with Crippen molar-refractivity contribution in [3.8, 4) is 5.75 Å². The third-order valence-corrected chi connectivity index (χ3v) is 2.74. The van der Waals surface area contributed by atoms with Gasteiger partial charge < -0.3 is 10.1 Å². The zero-order valence-electron chi connectivity index (χ0n) is 9.73. The summed E-state index contributed by atoms with van der Waals surface area (Å²) >= 11 is 6.00. The standard InChI is InChI=1S/C12H18ClNO/c1-12(2,8-14-3)10-7-9(13)5-6-11(10)15-4/h5-7,14H,8H2,1-4H3. The van der Waals surface area contributed by atoms with Crippen molar-refractivity contribution in [3.63, 3.8) is 0 Å². The maximum atomic E-state index is 6.00. The van der Waals surface area contributed by atoms with Crippen molar-refractivity contribution in [2.75, 3.05) is 20.7 Å². The average molecular weight is 228 g/mol. The monoisotopic (exact) mass is 227 g/mol. The van der Waals surface area contributed by atoms with E-state index >= 15 is 0 Å². The first-order chi connectivity index (χ1) is 7.01. The molecule has 0 bridgehead atoms. The summed E-state index contributed by atoms with van der Waals surface area (Å²) in [7, 11) is 3.63. The summed E-state index contributed by atoms with van der Waals surface area (Å²) in [5.74, 6) is 0.889. The number of benzene rings is 1. The van der Waals surface area contributed by atoms with Gasteiger partial charge in [0.25, 0.3) is 0 Å². The lowest BCUT2D eigenvalue weighted by molar-refractivity contribution is 0.389. The van der Waals surface area contributed by atoms with Crippen molar-refractivity contribution in [1.29, 1.82) is 0 Å². The lowest BCUT2D eigenvalue weighted by Crippen LogP contribution is -2.31. The summed E-state index contributed by atoms with van der Waals surface area (Å²) in [4.78, 5) is 0. The number of methoxy groups -OCH3 is 1. The van der Waals surface area contributed by atoms with Gasteiger partial charge in [0.05, 0.1) is 7.11 Å². The van der Waals surface area contributed by atoms with Crippen LogP contribution in [0.1, 0.15) is 19.4 Å². The minimum absolute atomic E-state index is 0.00495. The Hall–Kier alpha value is -0.730. The van der Waals surface area contributed by atoms with Crippen LogP contribution in [-0.4, -0.2) is 20.7 Å². The van der Waals surface area contributed by atoms with Crippen LogP contribution in [0.3, 0.4) is 0 Å². The van der Waals surface area contributed by atoms with Gasteiger partial charge in [-0.25, -0.2) is 0 Å². The predicted molar refractivity (Wildman–Crippen MR) is 65.0 cm³/mol. The van der Waals surface area contributed by atoms with Crippen LogP contribution >= 0.6 is 11.6 Å². The van der Waals surface area contributed by atoms with E-state index in [-0.39, 0.29) is 5.41 Å². The van der Waals surface area contributed by atoms with E-state index in [1.807, 2.05) is 25.2 Å². The maximum absolute atomic E-state index is 6.00. The van der Waals surface area contributed by atoms with Crippen molar-refractivity contribution in [3.05, 3.63) is 28.8 Å². The molecule has 1 aromatic rings. The van der Waals surface area contributed by atoms with E-state index in [2.05, 4.69) is 19.2 Å². The molecule has 1 N–H and O–H groups in total. The highest BCUT2D eigenvalue weighted by molar-refractivity contribution is 6.30. The fourth-order valence-electron chi connectivity index (χ4n) is 1.75. The smallest absolute Gasteiger partial charge is 0.122 e. The first kappa shape index (κ1) is 12.3. The van der Waals surface area contributed by atoms with E-state index in [9.17, 15) is 0 Å². The lowest BCUT2D eigenvalue weighted by Gasteiger charge is -2.27. The number of hydrogen-bond donors (Lipinski definition) is 1. The molecule has 0 aliphatic heterocycles. The van der Waals surface area contributed by atoms with Crippen LogP contribution in [0.4, 0.5) is 0 Å². The Kier molecular flexibility index (Phi) is 4.00. The molecule has 0 aliphatic carbocycles. The van der Waals surface area contributed by atoms with Crippen molar-refractivity contribution < 1.29 is 4.74 Å². The molecule has 0 radical (unpaired) electrons. The molecule has 0 amide bonds. The number of nitrogens with one attached hydrogen (secondary N) is 1. The van der Waals surface area contributed by atoms with Crippen LogP contribution in [-0.2, 0) is 5.41 Å². The van der Waals surface area contributed by atoms with Crippen LogP contribution in [0, 0.1) is 0 Å². The molecule has 0 fully saturated rings. The number of ether oxygens (including phenoxy) is 1. The molecule has 15 heavy (non-hydrogen) atoms. The summed E-state index contributed by atoms with van der Waals surface area (Å²) in [6, 6.07) is 5.73. The van der Waals surface area contributed by atoms with E-state index < -0.39 is 0 Å². The molecule has 84 valence electrons. The lowest BCUT2D eigenvalue weighted by atomic mass is 9.84. The van der Waals surface area contributed by atoms with Gasteiger partial charge in [0.1, 0.15) is 5.75 Å². The zero-order chi connectivity index (χ0) is 11.5. The second-order valence-electron chi connectivity index (χ2n) is 4.26. The Bertz CT molecular complexity index is 336. The third kappa shape index (κ3) is 2.86. The first-order valence-corrected chi connectivity index (χ1v) is 5.37. The second kappa shape index (κ2) is 4.86. The molecule has 0 heterocycles. The first-order valence-electron chi connectivity index (χ1n) is 5.00. The Morgan fingerprint density at radius 1 is 1.40 bits per heavy atom. The van der Waals surface area contributed by atoms with Gasteiger partial charge in [0, 0.05) is 22.5 Å². The molecule has 2 nitrogen and oxygen atoms in total.